The second-order valence-electron chi connectivity index (χ2n) is 6.16. The van der Waals surface area contributed by atoms with E-state index in [2.05, 4.69) is 25.0 Å². The van der Waals surface area contributed by atoms with Crippen molar-refractivity contribution < 1.29 is 4.74 Å². The van der Waals surface area contributed by atoms with Crippen LogP contribution >= 0.6 is 23.2 Å². The molecule has 1 aliphatic heterocycles. The van der Waals surface area contributed by atoms with Crippen LogP contribution in [0.2, 0.25) is 10.2 Å². The molecule has 5 rings (SSSR count). The Morgan fingerprint density at radius 1 is 1.08 bits per heavy atom. The summed E-state index contributed by atoms with van der Waals surface area (Å²) in [5.74, 6) is 1.58. The van der Waals surface area contributed by atoms with Crippen LogP contribution in [0.25, 0.3) is 22.3 Å². The van der Waals surface area contributed by atoms with Crippen molar-refractivity contribution in [3.63, 3.8) is 0 Å². The van der Waals surface area contributed by atoms with Gasteiger partial charge in [0.2, 0.25) is 0 Å². The highest BCUT2D eigenvalue weighted by Gasteiger charge is 2.27. The Hall–Kier alpha value is -2.41. The Morgan fingerprint density at radius 2 is 1.92 bits per heavy atom. The van der Waals surface area contributed by atoms with Gasteiger partial charge in [-0.3, -0.25) is 9.67 Å². The largest absolute Gasteiger partial charge is 0.371 e. The van der Waals surface area contributed by atoms with Gasteiger partial charge in [0.25, 0.3) is 0 Å². The van der Waals surface area contributed by atoms with Gasteiger partial charge in [-0.25, -0.2) is 0 Å². The summed E-state index contributed by atoms with van der Waals surface area (Å²) in [6.07, 6.45) is 0. The summed E-state index contributed by atoms with van der Waals surface area (Å²) >= 11 is 12.2. The van der Waals surface area contributed by atoms with Gasteiger partial charge in [0, 0.05) is 16.0 Å². The van der Waals surface area contributed by atoms with Crippen LogP contribution in [-0.4, -0.2) is 31.6 Å². The van der Waals surface area contributed by atoms with E-state index < -0.39 is 0 Å². The molecule has 1 atom stereocenters. The van der Waals surface area contributed by atoms with Crippen molar-refractivity contribution in [2.75, 3.05) is 6.61 Å². The molecule has 1 unspecified atom stereocenters. The van der Waals surface area contributed by atoms with Gasteiger partial charge in [0.15, 0.2) is 11.6 Å². The first-order valence-electron chi connectivity index (χ1n) is 8.12. The third kappa shape index (κ3) is 2.49. The van der Waals surface area contributed by atoms with Gasteiger partial charge in [-0.1, -0.05) is 35.3 Å². The van der Waals surface area contributed by atoms with Crippen LogP contribution in [0, 0.1) is 0 Å². The molecule has 0 spiro atoms. The Labute approximate surface area is 158 Å². The summed E-state index contributed by atoms with van der Waals surface area (Å²) in [5.41, 5.74) is 2.84. The predicted molar refractivity (Wildman–Crippen MR) is 99.4 cm³/mol. The highest BCUT2D eigenvalue weighted by atomic mass is 35.5. The number of aromatic nitrogens is 5. The molecule has 1 aliphatic rings. The number of fused-ring (bicyclic) bond motifs is 2. The average Bonchev–Trinajstić information content (AvgIpc) is 3.26. The summed E-state index contributed by atoms with van der Waals surface area (Å²) in [7, 11) is 0. The molecular weight excluding hydrogens is 373 g/mol. The minimum atomic E-state index is -0.0171. The Bertz CT molecular complexity index is 1100. The first-order chi connectivity index (χ1) is 12.7. The number of ether oxygens (including phenoxy) is 1. The number of nitrogens with one attached hydrogen (secondary N) is 1. The zero-order valence-electron chi connectivity index (χ0n) is 13.5. The number of hydrogen-bond donors (Lipinski definition) is 1. The van der Waals surface area contributed by atoms with Crippen molar-refractivity contribution >= 4 is 34.1 Å². The first-order valence-corrected chi connectivity index (χ1v) is 8.87. The van der Waals surface area contributed by atoms with Crippen molar-refractivity contribution in [3.8, 4) is 11.4 Å². The fourth-order valence-corrected chi connectivity index (χ4v) is 3.65. The van der Waals surface area contributed by atoms with Gasteiger partial charge < -0.3 is 4.74 Å². The third-order valence-corrected chi connectivity index (χ3v) is 5.15. The summed E-state index contributed by atoms with van der Waals surface area (Å²) in [6, 6.07) is 13.6. The lowest BCUT2D eigenvalue weighted by molar-refractivity contribution is 0.0668. The molecule has 0 amide bonds. The van der Waals surface area contributed by atoms with E-state index in [9.17, 15) is 0 Å². The van der Waals surface area contributed by atoms with E-state index in [0.29, 0.717) is 23.4 Å². The molecule has 1 N–H and O–H groups in total. The van der Waals surface area contributed by atoms with Crippen LogP contribution in [0.4, 0.5) is 0 Å². The van der Waals surface area contributed by atoms with E-state index in [1.807, 2.05) is 42.5 Å². The van der Waals surface area contributed by atoms with Crippen molar-refractivity contribution in [1.29, 1.82) is 0 Å². The van der Waals surface area contributed by atoms with E-state index in [4.69, 9.17) is 27.9 Å². The number of rotatable bonds is 2. The number of hydrogen-bond acceptors (Lipinski definition) is 4. The van der Waals surface area contributed by atoms with Crippen molar-refractivity contribution in [3.05, 3.63) is 64.0 Å². The summed E-state index contributed by atoms with van der Waals surface area (Å²) in [6.45, 7) is 0.986. The van der Waals surface area contributed by atoms with E-state index in [1.165, 1.54) is 0 Å². The fraction of sp³-hybridized carbons (Fsp3) is 0.167. The van der Waals surface area contributed by atoms with E-state index in [1.54, 1.807) is 0 Å². The topological polar surface area (TPSA) is 68.6 Å². The standard InChI is InChI=1S/C18H13Cl2N5O/c19-12-4-1-10(2-5-12)15-8-26-9-16-22-24-18(25(15)16)11-3-6-14-13(7-11)17(20)23-21-14/h1-7,15H,8-9H2,(H,21,23). The Balaban J connectivity index is 1.66. The fourth-order valence-electron chi connectivity index (χ4n) is 3.33. The number of benzene rings is 2. The second kappa shape index (κ2) is 6.09. The maximum Gasteiger partial charge on any atom is 0.164 e. The van der Waals surface area contributed by atoms with Crippen molar-refractivity contribution in [2.45, 2.75) is 12.6 Å². The highest BCUT2D eigenvalue weighted by Crippen LogP contribution is 2.33. The van der Waals surface area contributed by atoms with Gasteiger partial charge in [-0.15, -0.1) is 10.2 Å². The van der Waals surface area contributed by atoms with Crippen LogP contribution in [0.3, 0.4) is 0 Å². The number of H-pyrrole nitrogens is 1. The quantitative estimate of drug-likeness (QED) is 0.559. The number of halogens is 2. The molecule has 0 aliphatic carbocycles. The minimum Gasteiger partial charge on any atom is -0.371 e. The molecule has 0 bridgehead atoms. The molecule has 0 saturated heterocycles. The molecule has 2 aromatic heterocycles. The molecule has 26 heavy (non-hydrogen) atoms. The van der Waals surface area contributed by atoms with Crippen molar-refractivity contribution in [1.82, 2.24) is 25.0 Å². The van der Waals surface area contributed by atoms with Crippen LogP contribution < -0.4 is 0 Å². The van der Waals surface area contributed by atoms with Crippen LogP contribution in [-0.2, 0) is 11.3 Å². The van der Waals surface area contributed by atoms with Gasteiger partial charge >= 0.3 is 0 Å². The molecule has 130 valence electrons. The predicted octanol–water partition coefficient (Wildman–Crippen LogP) is 4.25. The molecular formula is C18H13Cl2N5O. The number of aromatic amines is 1. The maximum atomic E-state index is 6.20. The molecule has 6 nitrogen and oxygen atoms in total. The van der Waals surface area contributed by atoms with Crippen molar-refractivity contribution in [2.24, 2.45) is 0 Å². The van der Waals surface area contributed by atoms with Gasteiger partial charge in [0.1, 0.15) is 11.8 Å². The smallest absolute Gasteiger partial charge is 0.164 e. The van der Waals surface area contributed by atoms with Crippen LogP contribution in [0.1, 0.15) is 17.4 Å². The van der Waals surface area contributed by atoms with E-state index in [0.717, 1.165) is 33.7 Å². The lowest BCUT2D eigenvalue weighted by Gasteiger charge is -2.26. The lowest BCUT2D eigenvalue weighted by atomic mass is 10.1. The Morgan fingerprint density at radius 3 is 2.77 bits per heavy atom. The van der Waals surface area contributed by atoms with Gasteiger partial charge in [-0.2, -0.15) is 5.10 Å². The summed E-state index contributed by atoms with van der Waals surface area (Å²) in [4.78, 5) is 0. The average molecular weight is 386 g/mol. The lowest BCUT2D eigenvalue weighted by Crippen LogP contribution is -2.25. The minimum absolute atomic E-state index is 0.0171. The molecule has 3 heterocycles. The molecule has 4 aromatic rings. The summed E-state index contributed by atoms with van der Waals surface area (Å²) < 4.78 is 7.85. The van der Waals surface area contributed by atoms with Gasteiger partial charge in [0.05, 0.1) is 18.2 Å². The van der Waals surface area contributed by atoms with E-state index >= 15 is 0 Å². The monoisotopic (exact) mass is 385 g/mol. The molecule has 0 fully saturated rings. The Kier molecular flexibility index (Phi) is 3.70. The van der Waals surface area contributed by atoms with Gasteiger partial charge in [-0.05, 0) is 35.9 Å². The SMILES string of the molecule is Clc1ccc(C2COCc3nnc(-c4ccc5n[nH]c(Cl)c5c4)n32)cc1. The second-order valence-corrected chi connectivity index (χ2v) is 6.98. The molecule has 0 saturated carbocycles. The zero-order chi connectivity index (χ0) is 17.7. The summed E-state index contributed by atoms with van der Waals surface area (Å²) in [5, 5.41) is 17.8. The van der Waals surface area contributed by atoms with E-state index in [-0.39, 0.29) is 6.04 Å². The molecule has 8 heteroatoms. The first kappa shape index (κ1) is 15.8. The maximum absolute atomic E-state index is 6.20. The normalized spacial score (nSPS) is 16.8. The molecule has 2 aromatic carbocycles. The zero-order valence-corrected chi connectivity index (χ0v) is 15.0. The van der Waals surface area contributed by atoms with Crippen LogP contribution in [0.15, 0.2) is 42.5 Å². The number of nitrogens with zero attached hydrogens (tertiary/aromatic N) is 4. The molecule has 0 radical (unpaired) electrons. The highest BCUT2D eigenvalue weighted by molar-refractivity contribution is 6.34. The van der Waals surface area contributed by atoms with Crippen LogP contribution in [0.5, 0.6) is 0 Å². The third-order valence-electron chi connectivity index (χ3n) is 4.61.